The number of unbranched alkanes of at least 4 members (excludes halogenated alkanes) is 1. The fourth-order valence-electron chi connectivity index (χ4n) is 3.97. The minimum Gasteiger partial charge on any atom is -0.478 e. The number of halogens is 1. The lowest BCUT2D eigenvalue weighted by Gasteiger charge is -2.10. The first-order valence-corrected chi connectivity index (χ1v) is 10.8. The van der Waals surface area contributed by atoms with Gasteiger partial charge in [-0.2, -0.15) is 0 Å². The Hall–Kier alpha value is -3.15. The molecule has 0 fully saturated rings. The van der Waals surface area contributed by atoms with Crippen molar-refractivity contribution in [2.45, 2.75) is 59.3 Å². The summed E-state index contributed by atoms with van der Waals surface area (Å²) < 4.78 is 17.1. The van der Waals surface area contributed by atoms with Crippen LogP contribution in [0.1, 0.15) is 60.4 Å². The van der Waals surface area contributed by atoms with Crippen LogP contribution in [0.3, 0.4) is 0 Å². The molecule has 0 aliphatic rings. The van der Waals surface area contributed by atoms with Gasteiger partial charge in [0.05, 0.1) is 17.8 Å². The lowest BCUT2D eigenvalue weighted by Crippen LogP contribution is -2.26. The first-order valence-electron chi connectivity index (χ1n) is 10.8. The fourth-order valence-corrected chi connectivity index (χ4v) is 3.97. The summed E-state index contributed by atoms with van der Waals surface area (Å²) in [4.78, 5) is 24.5. The average Bonchev–Trinajstić information content (AvgIpc) is 3.03. The van der Waals surface area contributed by atoms with E-state index in [-0.39, 0.29) is 11.3 Å². The van der Waals surface area contributed by atoms with Crippen LogP contribution in [0.15, 0.2) is 53.3 Å². The van der Waals surface area contributed by atoms with E-state index in [2.05, 4.69) is 6.92 Å². The minimum absolute atomic E-state index is 0.166. The van der Waals surface area contributed by atoms with Crippen molar-refractivity contribution >= 4 is 5.97 Å². The minimum atomic E-state index is -0.970. The maximum Gasteiger partial charge on any atom is 0.336 e. The molecule has 164 valence electrons. The number of aromatic carboxylic acids is 1. The van der Waals surface area contributed by atoms with E-state index in [0.717, 1.165) is 36.1 Å². The third-order valence-electron chi connectivity index (χ3n) is 5.55. The number of alkyl halides is 1. The first-order chi connectivity index (χ1) is 15.0. The maximum absolute atomic E-state index is 13.9. The summed E-state index contributed by atoms with van der Waals surface area (Å²) in [6.07, 6.45) is 3.30. The van der Waals surface area contributed by atoms with Gasteiger partial charge in [0.2, 0.25) is 0 Å². The lowest BCUT2D eigenvalue weighted by atomic mass is 9.99. The summed E-state index contributed by atoms with van der Waals surface area (Å²) in [6, 6.07) is 14.4. The number of benzene rings is 2. The van der Waals surface area contributed by atoms with Crippen LogP contribution in [0.25, 0.3) is 11.1 Å². The molecule has 1 N–H and O–H groups in total. The van der Waals surface area contributed by atoms with Gasteiger partial charge in [-0.1, -0.05) is 62.7 Å². The standard InChI is InChI=1S/C25H29FN2O3/c1-3-5-10-22-23(16-26)27(15-4-2)25(31)28(22)17-18-11-13-19(14-12-18)20-8-6-7-9-21(20)24(29)30/h6-9,11-14H,3-5,10,15-17H2,1-2H3,(H,29,30). The molecule has 31 heavy (non-hydrogen) atoms. The molecule has 0 unspecified atom stereocenters. The predicted molar refractivity (Wildman–Crippen MR) is 120 cm³/mol. The van der Waals surface area contributed by atoms with Crippen LogP contribution >= 0.6 is 0 Å². The molecule has 1 aromatic heterocycles. The van der Waals surface area contributed by atoms with Crippen LogP contribution < -0.4 is 5.69 Å². The number of carboxylic acids is 1. The van der Waals surface area contributed by atoms with Crippen molar-refractivity contribution in [2.24, 2.45) is 0 Å². The van der Waals surface area contributed by atoms with Crippen LogP contribution in [0.5, 0.6) is 0 Å². The molecular formula is C25H29FN2O3. The Labute approximate surface area is 181 Å². The Bertz CT molecular complexity index is 1100. The highest BCUT2D eigenvalue weighted by Gasteiger charge is 2.19. The average molecular weight is 425 g/mol. The molecule has 0 aliphatic heterocycles. The van der Waals surface area contributed by atoms with Gasteiger partial charge in [0.1, 0.15) is 6.67 Å². The zero-order valence-corrected chi connectivity index (χ0v) is 18.1. The van der Waals surface area contributed by atoms with E-state index >= 15 is 0 Å². The molecule has 3 rings (SSSR count). The fraction of sp³-hybridized carbons (Fsp3) is 0.360. The molecule has 0 spiro atoms. The molecule has 0 saturated heterocycles. The summed E-state index contributed by atoms with van der Waals surface area (Å²) in [6.45, 7) is 4.28. The summed E-state index contributed by atoms with van der Waals surface area (Å²) >= 11 is 0. The van der Waals surface area contributed by atoms with E-state index in [9.17, 15) is 19.1 Å². The van der Waals surface area contributed by atoms with Crippen LogP contribution in [0.2, 0.25) is 0 Å². The van der Waals surface area contributed by atoms with Gasteiger partial charge >= 0.3 is 11.7 Å². The number of nitrogens with zero attached hydrogens (tertiary/aromatic N) is 2. The van der Waals surface area contributed by atoms with Gasteiger partial charge in [0, 0.05) is 12.2 Å². The highest BCUT2D eigenvalue weighted by molar-refractivity contribution is 5.95. The molecule has 0 saturated carbocycles. The Morgan fingerprint density at radius 2 is 1.68 bits per heavy atom. The zero-order chi connectivity index (χ0) is 22.4. The summed E-state index contributed by atoms with van der Waals surface area (Å²) in [5.41, 5.74) is 3.72. The molecule has 2 aromatic carbocycles. The highest BCUT2D eigenvalue weighted by Crippen LogP contribution is 2.25. The molecule has 3 aromatic rings. The SMILES string of the molecule is CCCCc1c(CF)n(CCC)c(=O)n1Cc1ccc(-c2ccccc2C(=O)O)cc1. The topological polar surface area (TPSA) is 64.2 Å². The van der Waals surface area contributed by atoms with E-state index in [1.165, 1.54) is 0 Å². The van der Waals surface area contributed by atoms with E-state index in [4.69, 9.17) is 0 Å². The number of aromatic nitrogens is 2. The number of imidazole rings is 1. The van der Waals surface area contributed by atoms with Gasteiger partial charge in [-0.3, -0.25) is 9.13 Å². The number of hydrogen-bond acceptors (Lipinski definition) is 2. The molecule has 0 bridgehead atoms. The van der Waals surface area contributed by atoms with E-state index in [1.807, 2.05) is 37.3 Å². The Morgan fingerprint density at radius 1 is 0.968 bits per heavy atom. The van der Waals surface area contributed by atoms with Crippen LogP contribution in [-0.4, -0.2) is 20.2 Å². The molecule has 0 aliphatic carbocycles. The van der Waals surface area contributed by atoms with E-state index in [0.29, 0.717) is 30.8 Å². The molecule has 1 heterocycles. The first kappa shape index (κ1) is 22.5. The smallest absolute Gasteiger partial charge is 0.336 e. The van der Waals surface area contributed by atoms with E-state index < -0.39 is 12.6 Å². The zero-order valence-electron chi connectivity index (χ0n) is 18.1. The predicted octanol–water partition coefficient (Wildman–Crippen LogP) is 5.29. The van der Waals surface area contributed by atoms with Gasteiger partial charge in [-0.25, -0.2) is 14.0 Å². The van der Waals surface area contributed by atoms with Crippen molar-refractivity contribution in [3.63, 3.8) is 0 Å². The third kappa shape index (κ3) is 4.79. The van der Waals surface area contributed by atoms with Gasteiger partial charge in [-0.15, -0.1) is 0 Å². The quantitative estimate of drug-likeness (QED) is 0.481. The molecule has 0 radical (unpaired) electrons. The van der Waals surface area contributed by atoms with Crippen molar-refractivity contribution in [3.05, 3.63) is 81.5 Å². The normalized spacial score (nSPS) is 11.1. The number of rotatable bonds is 10. The second-order valence-corrected chi connectivity index (χ2v) is 7.70. The summed E-state index contributed by atoms with van der Waals surface area (Å²) in [7, 11) is 0. The monoisotopic (exact) mass is 424 g/mol. The van der Waals surface area contributed by atoms with Crippen molar-refractivity contribution < 1.29 is 14.3 Å². The van der Waals surface area contributed by atoms with Crippen molar-refractivity contribution in [2.75, 3.05) is 0 Å². The van der Waals surface area contributed by atoms with E-state index in [1.54, 1.807) is 27.3 Å². The maximum atomic E-state index is 13.9. The van der Waals surface area contributed by atoms with Crippen molar-refractivity contribution in [3.8, 4) is 11.1 Å². The third-order valence-corrected chi connectivity index (χ3v) is 5.55. The van der Waals surface area contributed by atoms with Gasteiger partial charge in [-0.05, 0) is 42.0 Å². The molecule has 5 nitrogen and oxygen atoms in total. The molecule has 0 amide bonds. The summed E-state index contributed by atoms with van der Waals surface area (Å²) in [5.74, 6) is -0.970. The largest absolute Gasteiger partial charge is 0.478 e. The second kappa shape index (κ2) is 10.2. The van der Waals surface area contributed by atoms with Crippen LogP contribution in [0, 0.1) is 0 Å². The number of carbonyl (C=O) groups is 1. The Balaban J connectivity index is 1.96. The summed E-state index contributed by atoms with van der Waals surface area (Å²) in [5, 5.41) is 9.43. The molecular weight excluding hydrogens is 395 g/mol. The van der Waals surface area contributed by atoms with Crippen molar-refractivity contribution in [1.29, 1.82) is 0 Å². The number of carboxylic acid groups (broad SMARTS) is 1. The molecule has 6 heteroatoms. The van der Waals surface area contributed by atoms with Crippen molar-refractivity contribution in [1.82, 2.24) is 9.13 Å². The Kier molecular flexibility index (Phi) is 7.45. The van der Waals surface area contributed by atoms with Gasteiger partial charge in [0.15, 0.2) is 0 Å². The second-order valence-electron chi connectivity index (χ2n) is 7.70. The van der Waals surface area contributed by atoms with Gasteiger partial charge in [0.25, 0.3) is 0 Å². The van der Waals surface area contributed by atoms with Gasteiger partial charge < -0.3 is 5.11 Å². The number of hydrogen-bond donors (Lipinski definition) is 1. The van der Waals surface area contributed by atoms with Crippen LogP contribution in [0.4, 0.5) is 4.39 Å². The van der Waals surface area contributed by atoms with Crippen LogP contribution in [-0.2, 0) is 26.2 Å². The highest BCUT2D eigenvalue weighted by atomic mass is 19.1. The Morgan fingerprint density at radius 3 is 2.29 bits per heavy atom. The molecule has 0 atom stereocenters. The lowest BCUT2D eigenvalue weighted by molar-refractivity contribution is 0.0697.